The van der Waals surface area contributed by atoms with Crippen LogP contribution in [0.25, 0.3) is 0 Å². The summed E-state index contributed by atoms with van der Waals surface area (Å²) in [5, 5.41) is 13.9. The smallest absolute Gasteiger partial charge is 0.256 e. The van der Waals surface area contributed by atoms with Crippen LogP contribution in [-0.2, 0) is 0 Å². The van der Waals surface area contributed by atoms with Crippen LogP contribution in [0.3, 0.4) is 0 Å². The van der Waals surface area contributed by atoms with Gasteiger partial charge in [0.1, 0.15) is 5.82 Å². The van der Waals surface area contributed by atoms with Crippen LogP contribution in [0.4, 0.5) is 27.4 Å². The standard InChI is InChI=1S/C22H22FN5O/c23-17-6-4-5-16(15-17)22(29)25-21-12-11-20(26-27-21)24-18-7-9-19(10-8-18)28-13-2-1-3-14-28/h4-12,15H,1-3,13-14H2,(H,24,26)(H,25,27,29). The predicted molar refractivity (Wildman–Crippen MR) is 112 cm³/mol. The van der Waals surface area contributed by atoms with E-state index in [0.717, 1.165) is 18.8 Å². The topological polar surface area (TPSA) is 70.2 Å². The minimum absolute atomic E-state index is 0.225. The molecule has 0 atom stereocenters. The molecule has 29 heavy (non-hydrogen) atoms. The van der Waals surface area contributed by atoms with E-state index in [4.69, 9.17) is 0 Å². The Morgan fingerprint density at radius 1 is 0.897 bits per heavy atom. The summed E-state index contributed by atoms with van der Waals surface area (Å²) in [5.41, 5.74) is 2.37. The fourth-order valence-electron chi connectivity index (χ4n) is 3.34. The minimum atomic E-state index is -0.463. The molecule has 2 heterocycles. The summed E-state index contributed by atoms with van der Waals surface area (Å²) < 4.78 is 13.2. The first-order valence-electron chi connectivity index (χ1n) is 9.70. The van der Waals surface area contributed by atoms with Crippen molar-refractivity contribution in [1.29, 1.82) is 0 Å². The molecule has 1 saturated heterocycles. The Kier molecular flexibility index (Phi) is 5.65. The average molecular weight is 391 g/mol. The molecule has 1 aliphatic heterocycles. The molecule has 1 aliphatic rings. The second-order valence-corrected chi connectivity index (χ2v) is 6.99. The van der Waals surface area contributed by atoms with Gasteiger partial charge >= 0.3 is 0 Å². The molecule has 0 unspecified atom stereocenters. The number of rotatable bonds is 5. The number of carbonyl (C=O) groups is 1. The lowest BCUT2D eigenvalue weighted by Gasteiger charge is -2.28. The molecule has 0 bridgehead atoms. The maximum atomic E-state index is 13.2. The van der Waals surface area contributed by atoms with Crippen LogP contribution in [0.15, 0.2) is 60.7 Å². The Labute approximate surface area is 168 Å². The van der Waals surface area contributed by atoms with E-state index in [1.165, 1.54) is 49.2 Å². The molecule has 1 amide bonds. The summed E-state index contributed by atoms with van der Waals surface area (Å²) >= 11 is 0. The molecule has 3 aromatic rings. The molecule has 6 nitrogen and oxygen atoms in total. The summed E-state index contributed by atoms with van der Waals surface area (Å²) in [6.07, 6.45) is 3.81. The van der Waals surface area contributed by atoms with E-state index in [9.17, 15) is 9.18 Å². The van der Waals surface area contributed by atoms with Crippen molar-refractivity contribution < 1.29 is 9.18 Å². The molecule has 0 saturated carbocycles. The SMILES string of the molecule is O=C(Nc1ccc(Nc2ccc(N3CCCCC3)cc2)nn1)c1cccc(F)c1. The summed E-state index contributed by atoms with van der Waals surface area (Å²) in [4.78, 5) is 14.5. The molecule has 2 N–H and O–H groups in total. The second kappa shape index (κ2) is 8.68. The number of anilines is 4. The predicted octanol–water partition coefficient (Wildman–Crippen LogP) is 4.60. The number of carbonyl (C=O) groups excluding carboxylic acids is 1. The third kappa shape index (κ3) is 4.87. The third-order valence-corrected chi connectivity index (χ3v) is 4.85. The van der Waals surface area contributed by atoms with E-state index in [1.54, 1.807) is 12.1 Å². The first kappa shape index (κ1) is 18.9. The molecule has 2 aromatic carbocycles. The Balaban J connectivity index is 1.36. The quantitative estimate of drug-likeness (QED) is 0.665. The van der Waals surface area contributed by atoms with Gasteiger partial charge in [0.2, 0.25) is 0 Å². The zero-order valence-corrected chi connectivity index (χ0v) is 15.9. The van der Waals surface area contributed by atoms with Crippen LogP contribution in [0.1, 0.15) is 29.6 Å². The number of aromatic nitrogens is 2. The van der Waals surface area contributed by atoms with Crippen LogP contribution in [0.2, 0.25) is 0 Å². The van der Waals surface area contributed by atoms with Crippen LogP contribution < -0.4 is 15.5 Å². The normalized spacial score (nSPS) is 13.8. The first-order valence-corrected chi connectivity index (χ1v) is 9.70. The summed E-state index contributed by atoms with van der Waals surface area (Å²) in [7, 11) is 0. The first-order chi connectivity index (χ1) is 14.2. The Morgan fingerprint density at radius 2 is 1.62 bits per heavy atom. The van der Waals surface area contributed by atoms with E-state index >= 15 is 0 Å². The lowest BCUT2D eigenvalue weighted by molar-refractivity contribution is 0.102. The van der Waals surface area contributed by atoms with Gasteiger partial charge in [-0.1, -0.05) is 6.07 Å². The fourth-order valence-corrected chi connectivity index (χ4v) is 3.34. The maximum absolute atomic E-state index is 13.2. The van der Waals surface area contributed by atoms with E-state index in [1.807, 2.05) is 12.1 Å². The van der Waals surface area contributed by atoms with Crippen LogP contribution >= 0.6 is 0 Å². The van der Waals surface area contributed by atoms with Gasteiger partial charge in [-0.25, -0.2) is 4.39 Å². The van der Waals surface area contributed by atoms with Gasteiger partial charge in [0, 0.05) is 30.0 Å². The van der Waals surface area contributed by atoms with Crippen molar-refractivity contribution in [2.24, 2.45) is 0 Å². The number of hydrogen-bond donors (Lipinski definition) is 2. The number of piperidine rings is 1. The van der Waals surface area contributed by atoms with Gasteiger partial charge in [-0.2, -0.15) is 0 Å². The molecule has 1 fully saturated rings. The highest BCUT2D eigenvalue weighted by Gasteiger charge is 2.11. The van der Waals surface area contributed by atoms with Crippen LogP contribution in [0, 0.1) is 5.82 Å². The van der Waals surface area contributed by atoms with Gasteiger partial charge in [0.15, 0.2) is 11.6 Å². The van der Waals surface area contributed by atoms with E-state index in [-0.39, 0.29) is 5.56 Å². The second-order valence-electron chi connectivity index (χ2n) is 6.99. The molecule has 0 spiro atoms. The molecule has 4 rings (SSSR count). The monoisotopic (exact) mass is 391 g/mol. The average Bonchev–Trinajstić information content (AvgIpc) is 2.76. The Hall–Kier alpha value is -3.48. The number of benzene rings is 2. The van der Waals surface area contributed by atoms with Gasteiger partial charge in [-0.3, -0.25) is 4.79 Å². The number of amides is 1. The van der Waals surface area contributed by atoms with Crippen molar-refractivity contribution in [3.8, 4) is 0 Å². The maximum Gasteiger partial charge on any atom is 0.256 e. The summed E-state index contributed by atoms with van der Waals surface area (Å²) in [6.45, 7) is 2.22. The summed E-state index contributed by atoms with van der Waals surface area (Å²) in [5.74, 6) is -0.0351. The van der Waals surface area contributed by atoms with Crippen LogP contribution in [0.5, 0.6) is 0 Å². The molecule has 7 heteroatoms. The van der Waals surface area contributed by atoms with Gasteiger partial charge in [0.05, 0.1) is 0 Å². The lowest BCUT2D eigenvalue weighted by Crippen LogP contribution is -2.29. The van der Waals surface area contributed by atoms with E-state index < -0.39 is 11.7 Å². The van der Waals surface area contributed by atoms with Crippen molar-refractivity contribution in [2.75, 3.05) is 28.6 Å². The number of hydrogen-bond acceptors (Lipinski definition) is 5. The molecule has 1 aromatic heterocycles. The van der Waals surface area contributed by atoms with Crippen molar-refractivity contribution in [3.05, 3.63) is 72.0 Å². The number of halogens is 1. The van der Waals surface area contributed by atoms with Crippen LogP contribution in [-0.4, -0.2) is 29.2 Å². The third-order valence-electron chi connectivity index (χ3n) is 4.85. The van der Waals surface area contributed by atoms with Crippen molar-refractivity contribution in [1.82, 2.24) is 10.2 Å². The molecule has 148 valence electrons. The molecule has 0 aliphatic carbocycles. The minimum Gasteiger partial charge on any atom is -0.372 e. The molecular weight excluding hydrogens is 369 g/mol. The zero-order chi connectivity index (χ0) is 20.1. The number of nitrogens with one attached hydrogen (secondary N) is 2. The molecular formula is C22H22FN5O. The number of nitrogens with zero attached hydrogens (tertiary/aromatic N) is 3. The van der Waals surface area contributed by atoms with Crippen molar-refractivity contribution in [3.63, 3.8) is 0 Å². The van der Waals surface area contributed by atoms with Crippen molar-refractivity contribution >= 4 is 28.9 Å². The fraction of sp³-hybridized carbons (Fsp3) is 0.227. The van der Waals surface area contributed by atoms with E-state index in [2.05, 4.69) is 37.9 Å². The van der Waals surface area contributed by atoms with Gasteiger partial charge in [0.25, 0.3) is 5.91 Å². The Bertz CT molecular complexity index is 969. The van der Waals surface area contributed by atoms with Gasteiger partial charge in [-0.05, 0) is 73.9 Å². The largest absolute Gasteiger partial charge is 0.372 e. The highest BCUT2D eigenvalue weighted by molar-refractivity contribution is 6.03. The zero-order valence-electron chi connectivity index (χ0n) is 15.9. The highest BCUT2D eigenvalue weighted by atomic mass is 19.1. The van der Waals surface area contributed by atoms with Gasteiger partial charge < -0.3 is 15.5 Å². The molecule has 0 radical (unpaired) electrons. The van der Waals surface area contributed by atoms with Gasteiger partial charge in [-0.15, -0.1) is 10.2 Å². The highest BCUT2D eigenvalue weighted by Crippen LogP contribution is 2.23. The Morgan fingerprint density at radius 3 is 2.31 bits per heavy atom. The van der Waals surface area contributed by atoms with Crippen molar-refractivity contribution in [2.45, 2.75) is 19.3 Å². The summed E-state index contributed by atoms with van der Waals surface area (Å²) in [6, 6.07) is 17.1. The lowest BCUT2D eigenvalue weighted by atomic mass is 10.1. The van der Waals surface area contributed by atoms with E-state index in [0.29, 0.717) is 11.6 Å².